The summed E-state index contributed by atoms with van der Waals surface area (Å²) in [4.78, 5) is 0. The first kappa shape index (κ1) is 23.0. The molecule has 3 aliphatic rings. The lowest BCUT2D eigenvalue weighted by Gasteiger charge is -2.44. The van der Waals surface area contributed by atoms with Crippen molar-refractivity contribution >= 4 is 0 Å². The lowest BCUT2D eigenvalue weighted by atomic mass is 9.62. The maximum absolute atomic E-state index is 9.94. The zero-order chi connectivity index (χ0) is 21.2. The molecule has 0 saturated heterocycles. The van der Waals surface area contributed by atoms with E-state index in [-0.39, 0.29) is 11.5 Å². The van der Waals surface area contributed by atoms with Crippen LogP contribution in [0.15, 0.2) is 23.3 Å². The SMILES string of the molecule is C[C@H](OCCC(C)(C)O)[C@H]1CC[C@@H]2/C(=C\C=C3C[C@@H](O)C[C@H](O)C3)CCC[C@]21C. The fourth-order valence-corrected chi connectivity index (χ4v) is 6.19. The number of rotatable bonds is 6. The summed E-state index contributed by atoms with van der Waals surface area (Å²) in [6.07, 6.45) is 12.5. The third-order valence-corrected chi connectivity index (χ3v) is 7.77. The first-order valence-electron chi connectivity index (χ1n) is 11.7. The number of aliphatic hydroxyl groups excluding tert-OH is 2. The maximum atomic E-state index is 9.94. The minimum Gasteiger partial charge on any atom is -0.393 e. The van der Waals surface area contributed by atoms with Crippen molar-refractivity contribution < 1.29 is 20.1 Å². The fraction of sp³-hybridized carbons (Fsp3) is 0.840. The molecule has 0 aliphatic heterocycles. The van der Waals surface area contributed by atoms with Gasteiger partial charge in [-0.15, -0.1) is 0 Å². The van der Waals surface area contributed by atoms with Gasteiger partial charge in [0, 0.05) is 6.61 Å². The summed E-state index contributed by atoms with van der Waals surface area (Å²) in [6.45, 7) is 8.96. The highest BCUT2D eigenvalue weighted by molar-refractivity contribution is 5.26. The second-order valence-electron chi connectivity index (χ2n) is 10.8. The van der Waals surface area contributed by atoms with Crippen molar-refractivity contribution in [3.05, 3.63) is 23.3 Å². The smallest absolute Gasteiger partial charge is 0.0613 e. The molecule has 0 aromatic heterocycles. The molecule has 3 rings (SSSR count). The monoisotopic (exact) mass is 406 g/mol. The van der Waals surface area contributed by atoms with Gasteiger partial charge in [0.15, 0.2) is 0 Å². The highest BCUT2D eigenvalue weighted by atomic mass is 16.5. The van der Waals surface area contributed by atoms with Crippen LogP contribution in [0.2, 0.25) is 0 Å². The van der Waals surface area contributed by atoms with Gasteiger partial charge in [0.25, 0.3) is 0 Å². The van der Waals surface area contributed by atoms with Crippen molar-refractivity contribution in [2.75, 3.05) is 6.61 Å². The van der Waals surface area contributed by atoms with E-state index in [9.17, 15) is 15.3 Å². The second-order valence-corrected chi connectivity index (χ2v) is 10.8. The molecule has 0 spiro atoms. The summed E-state index contributed by atoms with van der Waals surface area (Å²) >= 11 is 0. The van der Waals surface area contributed by atoms with Gasteiger partial charge in [-0.1, -0.05) is 30.2 Å². The number of hydrogen-bond acceptors (Lipinski definition) is 4. The Balaban J connectivity index is 1.66. The minimum absolute atomic E-state index is 0.216. The quantitative estimate of drug-likeness (QED) is 0.606. The van der Waals surface area contributed by atoms with E-state index in [1.165, 1.54) is 31.3 Å². The highest BCUT2D eigenvalue weighted by Crippen LogP contribution is 2.58. The van der Waals surface area contributed by atoms with Gasteiger partial charge in [0.05, 0.1) is 23.9 Å². The van der Waals surface area contributed by atoms with Gasteiger partial charge in [-0.05, 0) is 95.8 Å². The summed E-state index contributed by atoms with van der Waals surface area (Å²) in [5.74, 6) is 1.17. The molecule has 3 N–H and O–H groups in total. The van der Waals surface area contributed by atoms with Gasteiger partial charge in [-0.2, -0.15) is 0 Å². The second kappa shape index (κ2) is 9.21. The largest absolute Gasteiger partial charge is 0.393 e. The fourth-order valence-electron chi connectivity index (χ4n) is 6.19. The van der Waals surface area contributed by atoms with Crippen molar-refractivity contribution in [2.45, 2.75) is 109 Å². The molecule has 0 heterocycles. The van der Waals surface area contributed by atoms with E-state index in [4.69, 9.17) is 4.74 Å². The Bertz CT molecular complexity index is 605. The maximum Gasteiger partial charge on any atom is 0.0613 e. The van der Waals surface area contributed by atoms with Crippen molar-refractivity contribution in [3.8, 4) is 0 Å². The van der Waals surface area contributed by atoms with E-state index in [0.29, 0.717) is 44.1 Å². The molecule has 29 heavy (non-hydrogen) atoms. The van der Waals surface area contributed by atoms with Crippen LogP contribution in [0.25, 0.3) is 0 Å². The van der Waals surface area contributed by atoms with Gasteiger partial charge < -0.3 is 20.1 Å². The Morgan fingerprint density at radius 3 is 2.52 bits per heavy atom. The molecule has 0 radical (unpaired) electrons. The molecule has 6 atom stereocenters. The van der Waals surface area contributed by atoms with Crippen LogP contribution in [0, 0.1) is 17.3 Å². The van der Waals surface area contributed by atoms with E-state index >= 15 is 0 Å². The molecular formula is C25H42O4. The van der Waals surface area contributed by atoms with Crippen LogP contribution in [0.4, 0.5) is 0 Å². The Morgan fingerprint density at radius 2 is 1.86 bits per heavy atom. The molecular weight excluding hydrogens is 364 g/mol. The standard InChI is InChI=1S/C25H42O4/c1-17(29-13-12-24(2,3)28)22-9-10-23-19(6-5-11-25(22,23)4)8-7-18-14-20(26)16-21(27)15-18/h7-8,17,20-23,26-28H,5-6,9-16H2,1-4H3/b19-8-/t17-,20+,21+,22+,23+,25-/m0/s1. The van der Waals surface area contributed by atoms with Gasteiger partial charge >= 0.3 is 0 Å². The molecule has 4 nitrogen and oxygen atoms in total. The number of allylic oxidation sites excluding steroid dienone is 3. The van der Waals surface area contributed by atoms with E-state index in [2.05, 4.69) is 26.0 Å². The van der Waals surface area contributed by atoms with E-state index in [1.807, 2.05) is 13.8 Å². The number of ether oxygens (including phenoxy) is 1. The molecule has 0 unspecified atom stereocenters. The Kier molecular flexibility index (Phi) is 7.31. The van der Waals surface area contributed by atoms with Crippen LogP contribution in [0.5, 0.6) is 0 Å². The van der Waals surface area contributed by atoms with E-state index in [1.54, 1.807) is 5.57 Å². The van der Waals surface area contributed by atoms with E-state index in [0.717, 1.165) is 6.42 Å². The van der Waals surface area contributed by atoms with Crippen molar-refractivity contribution in [1.82, 2.24) is 0 Å². The van der Waals surface area contributed by atoms with Crippen molar-refractivity contribution in [1.29, 1.82) is 0 Å². The van der Waals surface area contributed by atoms with Crippen LogP contribution in [-0.2, 0) is 4.74 Å². The average molecular weight is 407 g/mol. The Hall–Kier alpha value is -0.680. The highest BCUT2D eigenvalue weighted by Gasteiger charge is 2.51. The van der Waals surface area contributed by atoms with Crippen LogP contribution in [0.3, 0.4) is 0 Å². The van der Waals surface area contributed by atoms with Crippen molar-refractivity contribution in [3.63, 3.8) is 0 Å². The summed E-state index contributed by atoms with van der Waals surface area (Å²) in [6, 6.07) is 0. The predicted molar refractivity (Wildman–Crippen MR) is 117 cm³/mol. The van der Waals surface area contributed by atoms with Gasteiger partial charge in [0.1, 0.15) is 0 Å². The molecule has 3 saturated carbocycles. The van der Waals surface area contributed by atoms with Crippen LogP contribution >= 0.6 is 0 Å². The molecule has 4 heteroatoms. The first-order chi connectivity index (χ1) is 13.6. The normalized spacial score (nSPS) is 38.2. The van der Waals surface area contributed by atoms with E-state index < -0.39 is 17.8 Å². The number of fused-ring (bicyclic) bond motifs is 1. The third-order valence-electron chi connectivity index (χ3n) is 7.77. The van der Waals surface area contributed by atoms with Gasteiger partial charge in [-0.25, -0.2) is 0 Å². The molecule has 166 valence electrons. The van der Waals surface area contributed by atoms with Crippen LogP contribution in [0.1, 0.15) is 85.5 Å². The summed E-state index contributed by atoms with van der Waals surface area (Å²) in [7, 11) is 0. The average Bonchev–Trinajstić information content (AvgIpc) is 2.95. The number of hydrogen-bond donors (Lipinski definition) is 3. The Labute approximate surface area is 177 Å². The zero-order valence-corrected chi connectivity index (χ0v) is 18.9. The lowest BCUT2D eigenvalue weighted by Crippen LogP contribution is -2.39. The zero-order valence-electron chi connectivity index (χ0n) is 18.9. The molecule has 0 aromatic rings. The molecule has 0 aromatic carbocycles. The predicted octanol–water partition coefficient (Wildman–Crippen LogP) is 4.53. The third kappa shape index (κ3) is 5.72. The Morgan fingerprint density at radius 1 is 1.17 bits per heavy atom. The molecule has 0 bridgehead atoms. The lowest BCUT2D eigenvalue weighted by molar-refractivity contribution is -0.0454. The summed E-state index contributed by atoms with van der Waals surface area (Å²) in [5.41, 5.74) is 2.33. The molecule has 3 aliphatic carbocycles. The minimum atomic E-state index is -0.670. The first-order valence-corrected chi connectivity index (χ1v) is 11.7. The molecule has 0 amide bonds. The van der Waals surface area contributed by atoms with Crippen molar-refractivity contribution in [2.24, 2.45) is 17.3 Å². The summed E-state index contributed by atoms with van der Waals surface area (Å²) < 4.78 is 6.18. The summed E-state index contributed by atoms with van der Waals surface area (Å²) in [5, 5.41) is 29.8. The number of aliphatic hydroxyl groups is 3. The van der Waals surface area contributed by atoms with Crippen LogP contribution < -0.4 is 0 Å². The van der Waals surface area contributed by atoms with Gasteiger partial charge in [-0.3, -0.25) is 0 Å². The molecule has 3 fully saturated rings. The van der Waals surface area contributed by atoms with Crippen LogP contribution in [-0.4, -0.2) is 45.8 Å². The van der Waals surface area contributed by atoms with Gasteiger partial charge in [0.2, 0.25) is 0 Å². The topological polar surface area (TPSA) is 69.9 Å².